The highest BCUT2D eigenvalue weighted by Gasteiger charge is 2.43. The van der Waals surface area contributed by atoms with Crippen LogP contribution in [-0.2, 0) is 0 Å². The maximum Gasteiger partial charge on any atom is 0.460 e. The molecule has 1 N–H and O–H groups in total. The van der Waals surface area contributed by atoms with E-state index in [1.54, 1.807) is 0 Å². The van der Waals surface area contributed by atoms with Crippen molar-refractivity contribution in [3.63, 3.8) is 0 Å². The molecule has 78 valence electrons. The number of nitrogens with one attached hydrogen (secondary N) is 1. The van der Waals surface area contributed by atoms with Crippen molar-refractivity contribution in [2.24, 2.45) is 0 Å². The molecule has 1 rings (SSSR count). The van der Waals surface area contributed by atoms with Crippen molar-refractivity contribution >= 4 is 0 Å². The number of hydrogen-bond donors (Lipinski definition) is 1. The molecule has 0 radical (unpaired) electrons. The largest absolute Gasteiger partial charge is 0.460 e. The van der Waals surface area contributed by atoms with Gasteiger partial charge in [0.15, 0.2) is 0 Å². The molecule has 1 atom stereocenters. The molecule has 5 heteroatoms. The summed E-state index contributed by atoms with van der Waals surface area (Å²) in [5.74, 6) is 0. The molecule has 0 saturated carbocycles. The first kappa shape index (κ1) is 10.8. The molecule has 1 fully saturated rings. The lowest BCUT2D eigenvalue weighted by Gasteiger charge is -2.26. The predicted molar refractivity (Wildman–Crippen MR) is 44.3 cm³/mol. The average Bonchev–Trinajstić information content (AvgIpc) is 2.47. The summed E-state index contributed by atoms with van der Waals surface area (Å²) in [5.41, 5.74) is 0. The van der Waals surface area contributed by atoms with E-state index >= 15 is 0 Å². The fraction of sp³-hybridized carbons (Fsp3) is 1.00. The smallest absolute Gasteiger partial charge is 0.315 e. The molecule has 1 aliphatic rings. The molecule has 1 saturated heterocycles. The highest BCUT2D eigenvalue weighted by molar-refractivity contribution is 4.82. The Morgan fingerprint density at radius 3 is 2.69 bits per heavy atom. The van der Waals surface area contributed by atoms with E-state index in [1.165, 1.54) is 0 Å². The Labute approximate surface area is 76.1 Å². The summed E-state index contributed by atoms with van der Waals surface area (Å²) in [6.45, 7) is 3.21. The average molecular weight is 196 g/mol. The summed E-state index contributed by atoms with van der Waals surface area (Å²) in [5, 5.41) is 2.95. The van der Waals surface area contributed by atoms with Gasteiger partial charge in [0, 0.05) is 19.1 Å². The Morgan fingerprint density at radius 1 is 1.46 bits per heavy atom. The Bertz CT molecular complexity index is 158. The van der Waals surface area contributed by atoms with Crippen molar-refractivity contribution in [2.45, 2.75) is 32.1 Å². The van der Waals surface area contributed by atoms with Crippen LogP contribution in [0, 0.1) is 0 Å². The summed E-state index contributed by atoms with van der Waals surface area (Å²) in [4.78, 5) is 0.635. The Morgan fingerprint density at radius 2 is 2.15 bits per heavy atom. The number of halogens is 3. The summed E-state index contributed by atoms with van der Waals surface area (Å²) in [6.07, 6.45) is -2.86. The van der Waals surface area contributed by atoms with Gasteiger partial charge in [0.25, 0.3) is 0 Å². The quantitative estimate of drug-likeness (QED) is 0.689. The van der Waals surface area contributed by atoms with Crippen molar-refractivity contribution in [3.8, 4) is 0 Å². The van der Waals surface area contributed by atoms with E-state index in [4.69, 9.17) is 0 Å². The molecular weight excluding hydrogens is 181 g/mol. The van der Waals surface area contributed by atoms with Gasteiger partial charge in [-0.3, -0.25) is 0 Å². The van der Waals surface area contributed by atoms with Crippen LogP contribution in [-0.4, -0.2) is 36.9 Å². The predicted octanol–water partition coefficient (Wildman–Crippen LogP) is 1.58. The minimum Gasteiger partial charge on any atom is -0.315 e. The molecular formula is C8H15F3N2. The van der Waals surface area contributed by atoms with E-state index in [9.17, 15) is 13.2 Å². The second-order valence-corrected chi connectivity index (χ2v) is 3.26. The first-order chi connectivity index (χ1) is 6.05. The summed E-state index contributed by atoms with van der Waals surface area (Å²) in [7, 11) is 0. The van der Waals surface area contributed by atoms with Gasteiger partial charge in [0.1, 0.15) is 0 Å². The van der Waals surface area contributed by atoms with Gasteiger partial charge in [0.05, 0.1) is 0 Å². The molecule has 13 heavy (non-hydrogen) atoms. The van der Waals surface area contributed by atoms with E-state index in [0.29, 0.717) is 24.3 Å². The van der Waals surface area contributed by atoms with Crippen LogP contribution in [0.25, 0.3) is 0 Å². The van der Waals surface area contributed by atoms with Crippen LogP contribution >= 0.6 is 0 Å². The van der Waals surface area contributed by atoms with Crippen LogP contribution in [0.1, 0.15) is 19.8 Å². The highest BCUT2D eigenvalue weighted by Crippen LogP contribution is 2.30. The first-order valence-corrected chi connectivity index (χ1v) is 4.60. The van der Waals surface area contributed by atoms with E-state index < -0.39 is 6.30 Å². The Hall–Kier alpha value is -0.290. The van der Waals surface area contributed by atoms with Crippen LogP contribution in [0.5, 0.6) is 0 Å². The fourth-order valence-electron chi connectivity index (χ4n) is 1.69. The number of likely N-dealkylation sites (tertiary alicyclic amines) is 1. The summed E-state index contributed by atoms with van der Waals surface area (Å²) in [6, 6.07) is -0.361. The van der Waals surface area contributed by atoms with Crippen molar-refractivity contribution in [3.05, 3.63) is 0 Å². The number of hydrogen-bond acceptors (Lipinski definition) is 2. The zero-order valence-electron chi connectivity index (χ0n) is 7.69. The second kappa shape index (κ2) is 4.28. The number of alkyl halides is 3. The fourth-order valence-corrected chi connectivity index (χ4v) is 1.69. The third-order valence-electron chi connectivity index (χ3n) is 2.33. The molecule has 0 aromatic carbocycles. The minimum absolute atomic E-state index is 0.152. The van der Waals surface area contributed by atoms with Crippen LogP contribution in [0.2, 0.25) is 0 Å². The normalized spacial score (nSPS) is 25.4. The van der Waals surface area contributed by atoms with Gasteiger partial charge < -0.3 is 5.32 Å². The lowest BCUT2D eigenvalue weighted by atomic mass is 10.2. The minimum atomic E-state index is -4.16. The zero-order valence-corrected chi connectivity index (χ0v) is 7.69. The SMILES string of the molecule is CCNC[C@H]1CCCN1C(F)(F)F. The van der Waals surface area contributed by atoms with Gasteiger partial charge in [-0.2, -0.15) is 13.2 Å². The van der Waals surface area contributed by atoms with E-state index in [-0.39, 0.29) is 12.6 Å². The lowest BCUT2D eigenvalue weighted by Crippen LogP contribution is -2.45. The summed E-state index contributed by atoms with van der Waals surface area (Å²) >= 11 is 0. The van der Waals surface area contributed by atoms with E-state index in [1.807, 2.05) is 6.92 Å². The summed E-state index contributed by atoms with van der Waals surface area (Å²) < 4.78 is 37.0. The Balaban J connectivity index is 2.44. The lowest BCUT2D eigenvalue weighted by molar-refractivity contribution is -0.249. The van der Waals surface area contributed by atoms with Gasteiger partial charge in [-0.15, -0.1) is 0 Å². The van der Waals surface area contributed by atoms with Crippen molar-refractivity contribution in [1.29, 1.82) is 0 Å². The maximum atomic E-state index is 12.3. The molecule has 0 aromatic heterocycles. The molecule has 0 aliphatic carbocycles. The maximum absolute atomic E-state index is 12.3. The molecule has 1 aliphatic heterocycles. The molecule has 0 unspecified atom stereocenters. The van der Waals surface area contributed by atoms with Crippen LogP contribution in [0.15, 0.2) is 0 Å². The topological polar surface area (TPSA) is 15.3 Å². The van der Waals surface area contributed by atoms with Gasteiger partial charge >= 0.3 is 6.30 Å². The van der Waals surface area contributed by atoms with Crippen LogP contribution < -0.4 is 5.32 Å². The van der Waals surface area contributed by atoms with Crippen LogP contribution in [0.4, 0.5) is 13.2 Å². The van der Waals surface area contributed by atoms with Gasteiger partial charge in [0.2, 0.25) is 0 Å². The number of likely N-dealkylation sites (N-methyl/N-ethyl adjacent to an activating group) is 1. The van der Waals surface area contributed by atoms with Crippen molar-refractivity contribution in [2.75, 3.05) is 19.6 Å². The van der Waals surface area contributed by atoms with E-state index in [0.717, 1.165) is 6.54 Å². The third kappa shape index (κ3) is 2.84. The van der Waals surface area contributed by atoms with Crippen LogP contribution in [0.3, 0.4) is 0 Å². The first-order valence-electron chi connectivity index (χ1n) is 4.60. The molecule has 2 nitrogen and oxygen atoms in total. The highest BCUT2D eigenvalue weighted by atomic mass is 19.4. The van der Waals surface area contributed by atoms with Gasteiger partial charge in [-0.05, 0) is 19.4 Å². The zero-order chi connectivity index (χ0) is 9.90. The standard InChI is InChI=1S/C8H15F3N2/c1-2-12-6-7-4-3-5-13(7)8(9,10)11/h7,12H,2-6H2,1H3/t7-/m1/s1. The van der Waals surface area contributed by atoms with Crippen molar-refractivity contribution in [1.82, 2.24) is 10.2 Å². The monoisotopic (exact) mass is 196 g/mol. The van der Waals surface area contributed by atoms with E-state index in [2.05, 4.69) is 5.32 Å². The second-order valence-electron chi connectivity index (χ2n) is 3.26. The van der Waals surface area contributed by atoms with Crippen molar-refractivity contribution < 1.29 is 13.2 Å². The molecule has 0 aromatic rings. The van der Waals surface area contributed by atoms with Gasteiger partial charge in [-0.25, -0.2) is 4.90 Å². The Kier molecular flexibility index (Phi) is 3.55. The number of rotatable bonds is 3. The molecule has 0 spiro atoms. The third-order valence-corrected chi connectivity index (χ3v) is 2.33. The number of nitrogens with zero attached hydrogens (tertiary/aromatic N) is 1. The molecule has 1 heterocycles. The molecule has 0 bridgehead atoms. The van der Waals surface area contributed by atoms with Gasteiger partial charge in [-0.1, -0.05) is 6.92 Å². The molecule has 0 amide bonds.